The third kappa shape index (κ3) is 2.56. The Labute approximate surface area is 123 Å². The van der Waals surface area contributed by atoms with Crippen molar-refractivity contribution in [3.63, 3.8) is 0 Å². The van der Waals surface area contributed by atoms with Crippen molar-refractivity contribution in [3.05, 3.63) is 29.8 Å². The summed E-state index contributed by atoms with van der Waals surface area (Å²) in [6.45, 7) is 0.649. The van der Waals surface area contributed by atoms with E-state index in [9.17, 15) is 8.42 Å². The molecule has 4 atom stereocenters. The molecular formula is C14H17N3O3S. The fourth-order valence-corrected chi connectivity index (χ4v) is 4.40. The van der Waals surface area contributed by atoms with Crippen molar-refractivity contribution < 1.29 is 13.2 Å². The van der Waals surface area contributed by atoms with E-state index in [-0.39, 0.29) is 23.0 Å². The summed E-state index contributed by atoms with van der Waals surface area (Å²) < 4.78 is 33.0. The Morgan fingerprint density at radius 1 is 1.43 bits per heavy atom. The minimum absolute atomic E-state index is 0.0769. The molecule has 1 aliphatic carbocycles. The number of nitrogens with zero attached hydrogens (tertiary/aromatic N) is 1. The van der Waals surface area contributed by atoms with Gasteiger partial charge in [0.1, 0.15) is 0 Å². The van der Waals surface area contributed by atoms with E-state index in [1.54, 1.807) is 12.1 Å². The van der Waals surface area contributed by atoms with Crippen LogP contribution in [-0.2, 0) is 14.8 Å². The lowest BCUT2D eigenvalue weighted by atomic mass is 9.69. The van der Waals surface area contributed by atoms with Crippen LogP contribution in [0.1, 0.15) is 18.4 Å². The van der Waals surface area contributed by atoms with Gasteiger partial charge >= 0.3 is 0 Å². The average molecular weight is 307 g/mol. The second-order valence-electron chi connectivity index (χ2n) is 5.51. The molecule has 6 nitrogen and oxygen atoms in total. The summed E-state index contributed by atoms with van der Waals surface area (Å²) in [6, 6.07) is 7.25. The number of sulfonamides is 1. The normalized spacial score (nSPS) is 31.8. The smallest absolute Gasteiger partial charge is 0.241 e. The van der Waals surface area contributed by atoms with E-state index in [0.29, 0.717) is 12.2 Å². The number of benzene rings is 1. The first-order valence-electron chi connectivity index (χ1n) is 6.92. The first kappa shape index (κ1) is 14.5. The standard InChI is InChI=1S/C14H17N3O3S/c15-8-9-3-1-4-10(7-9)21(18,19)17-13-12(16)11-5-2-6-20-14(11)13/h1,3-4,7,11-14,17H,2,5-6,16H2. The van der Waals surface area contributed by atoms with Gasteiger partial charge in [-0.2, -0.15) is 5.26 Å². The van der Waals surface area contributed by atoms with Gasteiger partial charge in [-0.05, 0) is 31.0 Å². The molecule has 0 bridgehead atoms. The molecule has 3 rings (SSSR count). The summed E-state index contributed by atoms with van der Waals surface area (Å²) >= 11 is 0. The van der Waals surface area contributed by atoms with Gasteiger partial charge in [-0.15, -0.1) is 0 Å². The molecule has 0 radical (unpaired) electrons. The average Bonchev–Trinajstić information content (AvgIpc) is 2.52. The number of nitriles is 1. The van der Waals surface area contributed by atoms with Gasteiger partial charge in [-0.3, -0.25) is 0 Å². The van der Waals surface area contributed by atoms with E-state index in [1.807, 2.05) is 6.07 Å². The van der Waals surface area contributed by atoms with Crippen LogP contribution in [0.25, 0.3) is 0 Å². The van der Waals surface area contributed by atoms with Crippen LogP contribution in [-0.4, -0.2) is 33.2 Å². The molecule has 1 saturated heterocycles. The van der Waals surface area contributed by atoms with E-state index in [1.165, 1.54) is 12.1 Å². The van der Waals surface area contributed by atoms with Crippen molar-refractivity contribution in [3.8, 4) is 6.07 Å². The fraction of sp³-hybridized carbons (Fsp3) is 0.500. The fourth-order valence-electron chi connectivity index (χ4n) is 3.07. The van der Waals surface area contributed by atoms with Crippen molar-refractivity contribution in [2.45, 2.75) is 35.9 Å². The van der Waals surface area contributed by atoms with E-state index in [0.717, 1.165) is 12.8 Å². The van der Waals surface area contributed by atoms with Gasteiger partial charge in [0, 0.05) is 18.6 Å². The highest BCUT2D eigenvalue weighted by Crippen LogP contribution is 2.37. The highest BCUT2D eigenvalue weighted by atomic mass is 32.2. The SMILES string of the molecule is N#Cc1cccc(S(=O)(=O)NC2C(N)C3CCCOC32)c1. The van der Waals surface area contributed by atoms with Crippen molar-refractivity contribution >= 4 is 10.0 Å². The van der Waals surface area contributed by atoms with Crippen LogP contribution in [0.2, 0.25) is 0 Å². The van der Waals surface area contributed by atoms with E-state index >= 15 is 0 Å². The minimum Gasteiger partial charge on any atom is -0.376 e. The topological polar surface area (TPSA) is 105 Å². The van der Waals surface area contributed by atoms with Crippen molar-refractivity contribution in [1.29, 1.82) is 5.26 Å². The zero-order valence-electron chi connectivity index (χ0n) is 11.4. The molecule has 2 fully saturated rings. The van der Waals surface area contributed by atoms with Crippen LogP contribution >= 0.6 is 0 Å². The second kappa shape index (κ2) is 5.39. The van der Waals surface area contributed by atoms with Gasteiger partial charge in [0.2, 0.25) is 10.0 Å². The summed E-state index contributed by atoms with van der Waals surface area (Å²) in [5.41, 5.74) is 6.37. The van der Waals surface area contributed by atoms with E-state index in [4.69, 9.17) is 15.7 Å². The van der Waals surface area contributed by atoms with Gasteiger partial charge in [-0.1, -0.05) is 6.07 Å². The highest BCUT2D eigenvalue weighted by Gasteiger charge is 2.51. The zero-order valence-corrected chi connectivity index (χ0v) is 12.2. The maximum absolute atomic E-state index is 12.4. The Bertz CT molecular complexity index is 683. The molecule has 4 unspecified atom stereocenters. The van der Waals surface area contributed by atoms with E-state index in [2.05, 4.69) is 4.72 Å². The molecule has 3 N–H and O–H groups in total. The summed E-state index contributed by atoms with van der Waals surface area (Å²) in [7, 11) is -3.70. The van der Waals surface area contributed by atoms with Gasteiger partial charge in [0.25, 0.3) is 0 Å². The second-order valence-corrected chi connectivity index (χ2v) is 7.22. The molecule has 0 amide bonds. The number of nitrogens with one attached hydrogen (secondary N) is 1. The lowest BCUT2D eigenvalue weighted by Gasteiger charge is -2.52. The molecule has 1 aromatic rings. The molecule has 1 aliphatic heterocycles. The lowest BCUT2D eigenvalue weighted by Crippen LogP contribution is -2.71. The Morgan fingerprint density at radius 3 is 3.00 bits per heavy atom. The molecule has 1 saturated carbocycles. The summed E-state index contributed by atoms with van der Waals surface area (Å²) in [5, 5.41) is 8.86. The number of rotatable bonds is 3. The Hall–Kier alpha value is -1.46. The first-order valence-corrected chi connectivity index (χ1v) is 8.41. The van der Waals surface area contributed by atoms with Crippen LogP contribution in [0.3, 0.4) is 0 Å². The monoisotopic (exact) mass is 307 g/mol. The van der Waals surface area contributed by atoms with Crippen molar-refractivity contribution in [2.75, 3.05) is 6.61 Å². The van der Waals surface area contributed by atoms with Crippen LogP contribution in [0.5, 0.6) is 0 Å². The third-order valence-corrected chi connectivity index (χ3v) is 5.70. The molecule has 2 aliphatic rings. The van der Waals surface area contributed by atoms with Gasteiger partial charge < -0.3 is 10.5 Å². The molecule has 1 aromatic carbocycles. The van der Waals surface area contributed by atoms with Crippen LogP contribution in [0, 0.1) is 17.2 Å². The molecule has 21 heavy (non-hydrogen) atoms. The van der Waals surface area contributed by atoms with Gasteiger partial charge in [0.15, 0.2) is 0 Å². The van der Waals surface area contributed by atoms with Gasteiger partial charge in [0.05, 0.1) is 28.7 Å². The third-order valence-electron chi connectivity index (χ3n) is 4.24. The zero-order chi connectivity index (χ0) is 15.0. The number of hydrogen-bond donors (Lipinski definition) is 2. The number of ether oxygens (including phenoxy) is 1. The van der Waals surface area contributed by atoms with Crippen LogP contribution in [0.15, 0.2) is 29.2 Å². The molecule has 1 heterocycles. The van der Waals surface area contributed by atoms with Crippen LogP contribution in [0.4, 0.5) is 0 Å². The largest absolute Gasteiger partial charge is 0.376 e. The van der Waals surface area contributed by atoms with Gasteiger partial charge in [-0.25, -0.2) is 13.1 Å². The summed E-state index contributed by atoms with van der Waals surface area (Å²) in [6.07, 6.45) is 1.81. The van der Waals surface area contributed by atoms with Crippen LogP contribution < -0.4 is 10.5 Å². The maximum atomic E-state index is 12.4. The van der Waals surface area contributed by atoms with E-state index < -0.39 is 16.1 Å². The highest BCUT2D eigenvalue weighted by molar-refractivity contribution is 7.89. The van der Waals surface area contributed by atoms with Crippen molar-refractivity contribution in [1.82, 2.24) is 4.72 Å². The first-order chi connectivity index (χ1) is 10.0. The predicted molar refractivity (Wildman–Crippen MR) is 75.7 cm³/mol. The van der Waals surface area contributed by atoms with Crippen molar-refractivity contribution in [2.24, 2.45) is 11.7 Å². The predicted octanol–water partition coefficient (Wildman–Crippen LogP) is 0.341. The quantitative estimate of drug-likeness (QED) is 0.838. The maximum Gasteiger partial charge on any atom is 0.241 e. The summed E-state index contributed by atoms with van der Waals surface area (Å²) in [4.78, 5) is 0.0769. The Balaban J connectivity index is 1.79. The Morgan fingerprint density at radius 2 is 2.24 bits per heavy atom. The number of hydrogen-bond acceptors (Lipinski definition) is 5. The summed E-state index contributed by atoms with van der Waals surface area (Å²) in [5.74, 6) is 0.233. The minimum atomic E-state index is -3.70. The molecule has 0 aromatic heterocycles. The lowest BCUT2D eigenvalue weighted by molar-refractivity contribution is -0.114. The Kier molecular flexibility index (Phi) is 3.71. The molecule has 7 heteroatoms. The molecular weight excluding hydrogens is 290 g/mol. The molecule has 112 valence electrons. The molecule has 0 spiro atoms. The number of nitrogens with two attached hydrogens (primary N) is 1. The number of fused-ring (bicyclic) bond motifs is 1.